The van der Waals surface area contributed by atoms with E-state index >= 15 is 0 Å². The van der Waals surface area contributed by atoms with Crippen molar-refractivity contribution in [1.82, 2.24) is 0 Å². The molecule has 77 valence electrons. The fraction of sp³-hybridized carbons (Fsp3) is 0. The third kappa shape index (κ3) is 1.45. The van der Waals surface area contributed by atoms with Crippen LogP contribution in [0.15, 0.2) is 48.5 Å². The average Bonchev–Trinajstić information content (AvgIpc) is 2.73. The Labute approximate surface area is 94.1 Å². The minimum absolute atomic E-state index is 0.169. The van der Waals surface area contributed by atoms with E-state index in [0.717, 1.165) is 16.7 Å². The minimum atomic E-state index is -0.169. The predicted octanol–water partition coefficient (Wildman–Crippen LogP) is 3.93. The molecule has 0 spiro atoms. The summed E-state index contributed by atoms with van der Waals surface area (Å²) in [6, 6.07) is 14.9. The summed E-state index contributed by atoms with van der Waals surface area (Å²) in [4.78, 5) is 0. The van der Waals surface area contributed by atoms with E-state index in [0.29, 0.717) is 5.56 Å². The van der Waals surface area contributed by atoms with Gasteiger partial charge < -0.3 is 0 Å². The van der Waals surface area contributed by atoms with Crippen molar-refractivity contribution in [3.63, 3.8) is 0 Å². The third-order valence-corrected chi connectivity index (χ3v) is 2.80. The van der Waals surface area contributed by atoms with E-state index in [-0.39, 0.29) is 5.82 Å². The Morgan fingerprint density at radius 3 is 2.19 bits per heavy atom. The molecule has 0 N–H and O–H groups in total. The summed E-state index contributed by atoms with van der Waals surface area (Å²) in [5.74, 6) is -0.169. The van der Waals surface area contributed by atoms with Crippen LogP contribution in [0.3, 0.4) is 0 Å². The number of fused-ring (bicyclic) bond motifs is 1. The van der Waals surface area contributed by atoms with Gasteiger partial charge in [0.05, 0.1) is 0 Å². The molecular formula is C15H10F. The highest BCUT2D eigenvalue weighted by Gasteiger charge is 2.15. The lowest BCUT2D eigenvalue weighted by Crippen LogP contribution is -1.87. The number of hydrogen-bond donors (Lipinski definition) is 0. The van der Waals surface area contributed by atoms with Crippen molar-refractivity contribution in [2.75, 3.05) is 0 Å². The molecule has 3 rings (SSSR count). The van der Waals surface area contributed by atoms with Gasteiger partial charge in [0.1, 0.15) is 5.82 Å². The van der Waals surface area contributed by atoms with Crippen molar-refractivity contribution < 1.29 is 4.39 Å². The van der Waals surface area contributed by atoms with Crippen molar-refractivity contribution in [2.24, 2.45) is 0 Å². The van der Waals surface area contributed by atoms with Crippen LogP contribution in [0.2, 0.25) is 0 Å². The molecule has 1 heteroatoms. The van der Waals surface area contributed by atoms with Crippen LogP contribution >= 0.6 is 0 Å². The minimum Gasteiger partial charge on any atom is -0.206 e. The van der Waals surface area contributed by atoms with E-state index in [1.165, 1.54) is 6.07 Å². The summed E-state index contributed by atoms with van der Waals surface area (Å²) in [5.41, 5.74) is 3.92. The highest BCUT2D eigenvalue weighted by Crippen LogP contribution is 2.33. The van der Waals surface area contributed by atoms with E-state index in [9.17, 15) is 4.39 Å². The van der Waals surface area contributed by atoms with E-state index in [1.54, 1.807) is 6.07 Å². The molecule has 0 fully saturated rings. The lowest BCUT2D eigenvalue weighted by atomic mass is 10.0. The van der Waals surface area contributed by atoms with E-state index in [4.69, 9.17) is 0 Å². The van der Waals surface area contributed by atoms with Gasteiger partial charge in [-0.3, -0.25) is 0 Å². The first-order valence-corrected chi connectivity index (χ1v) is 5.25. The third-order valence-electron chi connectivity index (χ3n) is 2.80. The second-order valence-corrected chi connectivity index (χ2v) is 3.85. The van der Waals surface area contributed by atoms with Gasteiger partial charge in [0.2, 0.25) is 0 Å². The van der Waals surface area contributed by atoms with Gasteiger partial charge in [-0.25, -0.2) is 4.39 Å². The van der Waals surface area contributed by atoms with Crippen LogP contribution in [0, 0.1) is 12.2 Å². The second-order valence-electron chi connectivity index (χ2n) is 3.85. The quantitative estimate of drug-likeness (QED) is 0.667. The lowest BCUT2D eigenvalue weighted by Gasteiger charge is -2.02. The number of benzene rings is 2. The van der Waals surface area contributed by atoms with Crippen molar-refractivity contribution in [3.05, 3.63) is 77.5 Å². The summed E-state index contributed by atoms with van der Waals surface area (Å²) < 4.78 is 13.6. The maximum Gasteiger partial charge on any atom is 0.130 e. The van der Waals surface area contributed by atoms with Gasteiger partial charge in [0.25, 0.3) is 0 Å². The monoisotopic (exact) mass is 209 g/mol. The fourth-order valence-electron chi connectivity index (χ4n) is 2.00. The van der Waals surface area contributed by atoms with Crippen molar-refractivity contribution in [2.45, 2.75) is 0 Å². The van der Waals surface area contributed by atoms with Gasteiger partial charge in [-0.1, -0.05) is 48.5 Å². The van der Waals surface area contributed by atoms with Crippen LogP contribution in [0.25, 0.3) is 11.6 Å². The van der Waals surface area contributed by atoms with E-state index in [1.807, 2.05) is 48.9 Å². The van der Waals surface area contributed by atoms with Crippen LogP contribution in [-0.4, -0.2) is 0 Å². The maximum atomic E-state index is 13.6. The molecule has 0 unspecified atom stereocenters. The maximum absolute atomic E-state index is 13.6. The molecule has 0 aromatic heterocycles. The van der Waals surface area contributed by atoms with Crippen molar-refractivity contribution >= 4 is 11.6 Å². The zero-order valence-corrected chi connectivity index (χ0v) is 8.65. The Hall–Kier alpha value is -1.89. The molecule has 0 bridgehead atoms. The summed E-state index contributed by atoms with van der Waals surface area (Å²) in [6.07, 6.45) is 4.04. The summed E-state index contributed by atoms with van der Waals surface area (Å²) in [5, 5.41) is 0. The molecular weight excluding hydrogens is 199 g/mol. The standard InChI is InChI=1S/C15H10F/c16-15-8-4-3-7-14(15)13-9-11-5-1-2-6-12(11)10-13/h1-10H. The summed E-state index contributed by atoms with van der Waals surface area (Å²) in [6.45, 7) is 0. The molecule has 1 aliphatic rings. The number of halogens is 1. The molecule has 2 aromatic rings. The fourth-order valence-corrected chi connectivity index (χ4v) is 2.00. The van der Waals surface area contributed by atoms with Gasteiger partial charge in [-0.2, -0.15) is 0 Å². The predicted molar refractivity (Wildman–Crippen MR) is 64.1 cm³/mol. The first-order valence-electron chi connectivity index (χ1n) is 5.25. The van der Waals surface area contributed by atoms with Gasteiger partial charge in [-0.15, -0.1) is 0 Å². The molecule has 2 aromatic carbocycles. The summed E-state index contributed by atoms with van der Waals surface area (Å²) in [7, 11) is 0. The molecule has 0 heterocycles. The molecule has 16 heavy (non-hydrogen) atoms. The van der Waals surface area contributed by atoms with Gasteiger partial charge in [-0.05, 0) is 22.8 Å². The molecule has 0 saturated heterocycles. The Bertz CT molecular complexity index is 567. The van der Waals surface area contributed by atoms with Gasteiger partial charge in [0.15, 0.2) is 0 Å². The van der Waals surface area contributed by atoms with Crippen molar-refractivity contribution in [1.29, 1.82) is 0 Å². The van der Waals surface area contributed by atoms with Crippen LogP contribution in [-0.2, 0) is 0 Å². The normalized spacial score (nSPS) is 13.4. The topological polar surface area (TPSA) is 0 Å². The molecule has 0 amide bonds. The molecule has 0 aliphatic heterocycles. The van der Waals surface area contributed by atoms with Crippen molar-refractivity contribution in [3.8, 4) is 0 Å². The lowest BCUT2D eigenvalue weighted by molar-refractivity contribution is 0.624. The zero-order valence-electron chi connectivity index (χ0n) is 8.65. The van der Waals surface area contributed by atoms with Gasteiger partial charge >= 0.3 is 0 Å². The highest BCUT2D eigenvalue weighted by molar-refractivity contribution is 5.94. The number of rotatable bonds is 1. The number of hydrogen-bond acceptors (Lipinski definition) is 0. The van der Waals surface area contributed by atoms with Crippen LogP contribution in [0.4, 0.5) is 4.39 Å². The molecule has 0 saturated carbocycles. The zero-order chi connectivity index (χ0) is 11.0. The summed E-state index contributed by atoms with van der Waals surface area (Å²) >= 11 is 0. The second kappa shape index (κ2) is 3.60. The highest BCUT2D eigenvalue weighted by atomic mass is 19.1. The van der Waals surface area contributed by atoms with E-state index in [2.05, 4.69) is 0 Å². The van der Waals surface area contributed by atoms with Crippen LogP contribution in [0.1, 0.15) is 16.7 Å². The van der Waals surface area contributed by atoms with E-state index < -0.39 is 0 Å². The Kier molecular flexibility index (Phi) is 2.10. The molecule has 1 radical (unpaired) electrons. The molecule has 0 atom stereocenters. The number of allylic oxidation sites excluding steroid dienone is 1. The Morgan fingerprint density at radius 1 is 0.750 bits per heavy atom. The SMILES string of the molecule is Fc1ccccc1C1=Cc2ccccc2[CH]1. The van der Waals surface area contributed by atoms with Crippen LogP contribution < -0.4 is 0 Å². The Morgan fingerprint density at radius 2 is 1.44 bits per heavy atom. The molecule has 0 nitrogen and oxygen atoms in total. The molecule has 1 aliphatic carbocycles. The van der Waals surface area contributed by atoms with Gasteiger partial charge in [0, 0.05) is 12.0 Å². The average molecular weight is 209 g/mol. The first kappa shape index (κ1) is 9.34. The first-order chi connectivity index (χ1) is 7.84. The largest absolute Gasteiger partial charge is 0.206 e. The Balaban J connectivity index is 2.05. The van der Waals surface area contributed by atoms with Crippen LogP contribution in [0.5, 0.6) is 0 Å². The smallest absolute Gasteiger partial charge is 0.130 e.